The summed E-state index contributed by atoms with van der Waals surface area (Å²) in [6.45, 7) is 4.39. The van der Waals surface area contributed by atoms with Gasteiger partial charge in [-0.05, 0) is 57.5 Å². The van der Waals surface area contributed by atoms with Gasteiger partial charge < -0.3 is 9.88 Å². The first-order valence-corrected chi connectivity index (χ1v) is 8.76. The predicted molar refractivity (Wildman–Crippen MR) is 98.6 cm³/mol. The van der Waals surface area contributed by atoms with Crippen LogP contribution in [0.25, 0.3) is 0 Å². The number of hydrogen-bond donors (Lipinski definition) is 1. The molecule has 1 aromatic carbocycles. The summed E-state index contributed by atoms with van der Waals surface area (Å²) >= 11 is 0. The minimum Gasteiger partial charge on any atom is -0.353 e. The Morgan fingerprint density at radius 2 is 2.04 bits per heavy atom. The fourth-order valence-corrected chi connectivity index (χ4v) is 3.60. The Balaban J connectivity index is 1.72. The molecule has 0 unspecified atom stereocenters. The van der Waals surface area contributed by atoms with E-state index in [1.807, 2.05) is 32.3 Å². The first-order valence-electron chi connectivity index (χ1n) is 8.76. The number of rotatable bonds is 5. The van der Waals surface area contributed by atoms with Crippen molar-refractivity contribution < 1.29 is 9.59 Å². The number of amides is 1. The molecule has 0 saturated carbocycles. The highest BCUT2D eigenvalue weighted by molar-refractivity contribution is 5.98. The molecule has 0 spiro atoms. The average Bonchev–Trinajstić information content (AvgIpc) is 3.22. The molecule has 25 heavy (non-hydrogen) atoms. The molecule has 0 bridgehead atoms. The third kappa shape index (κ3) is 3.66. The lowest BCUT2D eigenvalue weighted by molar-refractivity contribution is -0.121. The van der Waals surface area contributed by atoms with Gasteiger partial charge in [0.1, 0.15) is 0 Å². The van der Waals surface area contributed by atoms with Crippen LogP contribution >= 0.6 is 0 Å². The largest absolute Gasteiger partial charge is 0.353 e. The Hall–Kier alpha value is -2.40. The zero-order chi connectivity index (χ0) is 18.0. The molecule has 1 aliphatic heterocycles. The maximum absolute atomic E-state index is 12.7. The lowest BCUT2D eigenvalue weighted by atomic mass is 10.1. The second-order valence-electron chi connectivity index (χ2n) is 6.74. The number of carbonyl (C=O) groups excluding carboxylic acids is 2. The lowest BCUT2D eigenvalue weighted by Crippen LogP contribution is -2.42. The summed E-state index contributed by atoms with van der Waals surface area (Å²) in [5, 5.41) is 2.95. The highest BCUT2D eigenvalue weighted by Gasteiger charge is 2.34. The molecule has 0 radical (unpaired) electrons. The Bertz CT molecular complexity index is 781. The van der Waals surface area contributed by atoms with Crippen molar-refractivity contribution in [3.8, 4) is 0 Å². The van der Waals surface area contributed by atoms with Gasteiger partial charge in [-0.1, -0.05) is 12.1 Å². The van der Waals surface area contributed by atoms with E-state index in [1.165, 1.54) is 12.6 Å². The van der Waals surface area contributed by atoms with E-state index in [2.05, 4.69) is 20.9 Å². The highest BCUT2D eigenvalue weighted by atomic mass is 16.2. The highest BCUT2D eigenvalue weighted by Crippen LogP contribution is 2.33. The molecule has 0 aliphatic carbocycles. The van der Waals surface area contributed by atoms with Crippen LogP contribution < -0.4 is 5.32 Å². The monoisotopic (exact) mass is 339 g/mol. The second kappa shape index (κ2) is 7.23. The fraction of sp³-hybridized carbons (Fsp3) is 0.400. The van der Waals surface area contributed by atoms with E-state index in [9.17, 15) is 9.59 Å². The number of aromatic nitrogens is 1. The molecule has 2 aromatic rings. The van der Waals surface area contributed by atoms with Crippen molar-refractivity contribution in [2.45, 2.75) is 38.8 Å². The SMILES string of the molecule is CC(=O)c1cccc(NC(=O)[C@H](C)N2CCC[C@@H]2c2cccn2C)c1. The normalized spacial score (nSPS) is 18.9. The van der Waals surface area contributed by atoms with Gasteiger partial charge in [0.05, 0.1) is 12.1 Å². The van der Waals surface area contributed by atoms with Crippen molar-refractivity contribution in [3.63, 3.8) is 0 Å². The maximum Gasteiger partial charge on any atom is 0.241 e. The van der Waals surface area contributed by atoms with E-state index in [0.29, 0.717) is 11.3 Å². The number of nitrogens with zero attached hydrogens (tertiary/aromatic N) is 2. The number of nitrogens with one attached hydrogen (secondary N) is 1. The summed E-state index contributed by atoms with van der Waals surface area (Å²) in [5.41, 5.74) is 2.52. The van der Waals surface area contributed by atoms with Gasteiger partial charge in [-0.2, -0.15) is 0 Å². The van der Waals surface area contributed by atoms with Crippen molar-refractivity contribution in [2.75, 3.05) is 11.9 Å². The van der Waals surface area contributed by atoms with E-state index in [4.69, 9.17) is 0 Å². The van der Waals surface area contributed by atoms with Crippen LogP contribution in [0.5, 0.6) is 0 Å². The molecule has 2 atom stereocenters. The average molecular weight is 339 g/mol. The van der Waals surface area contributed by atoms with Gasteiger partial charge in [-0.25, -0.2) is 0 Å². The van der Waals surface area contributed by atoms with Crippen LogP contribution in [-0.2, 0) is 11.8 Å². The summed E-state index contributed by atoms with van der Waals surface area (Å²) in [7, 11) is 2.05. The van der Waals surface area contributed by atoms with Gasteiger partial charge in [0, 0.05) is 30.2 Å². The minimum atomic E-state index is -0.233. The van der Waals surface area contributed by atoms with Crippen LogP contribution in [0.2, 0.25) is 0 Å². The van der Waals surface area contributed by atoms with Crippen molar-refractivity contribution in [1.82, 2.24) is 9.47 Å². The van der Waals surface area contributed by atoms with E-state index in [0.717, 1.165) is 19.4 Å². The summed E-state index contributed by atoms with van der Waals surface area (Å²) in [6.07, 6.45) is 4.20. The van der Waals surface area contributed by atoms with E-state index in [1.54, 1.807) is 18.2 Å². The summed E-state index contributed by atoms with van der Waals surface area (Å²) < 4.78 is 2.13. The fourth-order valence-electron chi connectivity index (χ4n) is 3.60. The first-order chi connectivity index (χ1) is 12.0. The molecule has 1 N–H and O–H groups in total. The number of anilines is 1. The number of benzene rings is 1. The van der Waals surface area contributed by atoms with Crippen LogP contribution in [0.1, 0.15) is 48.8 Å². The molecular formula is C20H25N3O2. The minimum absolute atomic E-state index is 0.00698. The number of likely N-dealkylation sites (tertiary alicyclic amines) is 1. The molecule has 3 rings (SSSR count). The van der Waals surface area contributed by atoms with E-state index < -0.39 is 0 Å². The third-order valence-corrected chi connectivity index (χ3v) is 5.03. The summed E-state index contributed by atoms with van der Waals surface area (Å²) in [5.74, 6) is -0.0470. The van der Waals surface area contributed by atoms with E-state index >= 15 is 0 Å². The van der Waals surface area contributed by atoms with Gasteiger partial charge in [0.25, 0.3) is 0 Å². The molecule has 1 fully saturated rings. The standard InChI is InChI=1S/C20H25N3O2/c1-14(20(25)21-17-8-4-7-16(13-17)15(2)24)23-12-6-10-19(23)18-9-5-11-22(18)3/h4-5,7-9,11,13-14,19H,6,10,12H2,1-3H3,(H,21,25)/t14-,19+/m0/s1. The second-order valence-corrected chi connectivity index (χ2v) is 6.74. The van der Waals surface area contributed by atoms with Gasteiger partial charge >= 0.3 is 0 Å². The smallest absolute Gasteiger partial charge is 0.241 e. The lowest BCUT2D eigenvalue weighted by Gasteiger charge is -2.30. The molecule has 132 valence electrons. The molecule has 1 aromatic heterocycles. The number of ketones is 1. The maximum atomic E-state index is 12.7. The van der Waals surface area contributed by atoms with Gasteiger partial charge in [0.2, 0.25) is 5.91 Å². The van der Waals surface area contributed by atoms with Crippen LogP contribution in [0.4, 0.5) is 5.69 Å². The quantitative estimate of drug-likeness (QED) is 0.850. The number of hydrogen-bond acceptors (Lipinski definition) is 3. The molecule has 1 amide bonds. The Morgan fingerprint density at radius 3 is 2.72 bits per heavy atom. The molecular weight excluding hydrogens is 314 g/mol. The van der Waals surface area contributed by atoms with E-state index in [-0.39, 0.29) is 23.8 Å². The topological polar surface area (TPSA) is 54.3 Å². The summed E-state index contributed by atoms with van der Waals surface area (Å²) in [6, 6.07) is 11.3. The molecule has 1 aliphatic rings. The Kier molecular flexibility index (Phi) is 5.04. The number of carbonyl (C=O) groups is 2. The molecule has 2 heterocycles. The number of aryl methyl sites for hydroxylation is 1. The van der Waals surface area contributed by atoms with Gasteiger partial charge in [-0.15, -0.1) is 0 Å². The van der Waals surface area contributed by atoms with Crippen LogP contribution in [0.15, 0.2) is 42.6 Å². The van der Waals surface area contributed by atoms with Gasteiger partial charge in [-0.3, -0.25) is 14.5 Å². The molecule has 5 heteroatoms. The van der Waals surface area contributed by atoms with Crippen LogP contribution in [0, 0.1) is 0 Å². The zero-order valence-corrected chi connectivity index (χ0v) is 15.0. The van der Waals surface area contributed by atoms with Crippen LogP contribution in [0.3, 0.4) is 0 Å². The van der Waals surface area contributed by atoms with Crippen molar-refractivity contribution >= 4 is 17.4 Å². The Morgan fingerprint density at radius 1 is 1.24 bits per heavy atom. The van der Waals surface area contributed by atoms with Crippen molar-refractivity contribution in [2.24, 2.45) is 7.05 Å². The van der Waals surface area contributed by atoms with Crippen LogP contribution in [-0.4, -0.2) is 33.7 Å². The third-order valence-electron chi connectivity index (χ3n) is 5.03. The molecule has 5 nitrogen and oxygen atoms in total. The molecule has 1 saturated heterocycles. The zero-order valence-electron chi connectivity index (χ0n) is 15.0. The predicted octanol–water partition coefficient (Wildman–Crippen LogP) is 3.39. The summed E-state index contributed by atoms with van der Waals surface area (Å²) in [4.78, 5) is 26.5. The number of Topliss-reactive ketones (excluding diaryl/α,β-unsaturated/α-hetero) is 1. The van der Waals surface area contributed by atoms with Crippen molar-refractivity contribution in [1.29, 1.82) is 0 Å². The van der Waals surface area contributed by atoms with Crippen molar-refractivity contribution in [3.05, 3.63) is 53.9 Å². The Labute approximate surface area is 148 Å². The first kappa shape index (κ1) is 17.4. The van der Waals surface area contributed by atoms with Gasteiger partial charge in [0.15, 0.2) is 5.78 Å².